The van der Waals surface area contributed by atoms with E-state index in [0.717, 1.165) is 12.1 Å². The van der Waals surface area contributed by atoms with Crippen LogP contribution in [0.15, 0.2) is 53.0 Å². The fourth-order valence-electron chi connectivity index (χ4n) is 2.05. The molecule has 1 unspecified atom stereocenters. The average molecular weight is 335 g/mol. The monoisotopic (exact) mass is 334 g/mol. The van der Waals surface area contributed by atoms with Crippen molar-refractivity contribution in [2.75, 3.05) is 5.32 Å². The van der Waals surface area contributed by atoms with Crippen molar-refractivity contribution in [2.24, 2.45) is 0 Å². The first-order valence-corrected chi connectivity index (χ1v) is 7.10. The summed E-state index contributed by atoms with van der Waals surface area (Å²) in [5.74, 6) is 0. The topological polar surface area (TPSA) is 55.2 Å². The van der Waals surface area contributed by atoms with Crippen LogP contribution in [0.4, 0.5) is 11.4 Å². The lowest BCUT2D eigenvalue weighted by molar-refractivity contribution is -0.385. The lowest BCUT2D eigenvalue weighted by atomic mass is 10.1. The number of hydrogen-bond acceptors (Lipinski definition) is 3. The van der Waals surface area contributed by atoms with Crippen molar-refractivity contribution >= 4 is 27.3 Å². The second-order valence-corrected chi connectivity index (χ2v) is 5.51. The molecule has 1 N–H and O–H groups in total. The maximum atomic E-state index is 10.9. The predicted molar refractivity (Wildman–Crippen MR) is 84.0 cm³/mol. The number of nitro benzene ring substituents is 1. The molecule has 0 aliphatic carbocycles. The summed E-state index contributed by atoms with van der Waals surface area (Å²) in [6, 6.07) is 15.4. The molecule has 5 heteroatoms. The van der Waals surface area contributed by atoms with E-state index >= 15 is 0 Å². The molecule has 2 aromatic carbocycles. The Kier molecular flexibility index (Phi) is 4.74. The lowest BCUT2D eigenvalue weighted by Crippen LogP contribution is -2.18. The molecular formula is C15H15BrN2O2. The molecule has 2 rings (SSSR count). The molecular weight excluding hydrogens is 320 g/mol. The van der Waals surface area contributed by atoms with Gasteiger partial charge < -0.3 is 5.32 Å². The molecule has 0 saturated heterocycles. The number of rotatable bonds is 5. The minimum Gasteiger partial charge on any atom is -0.382 e. The summed E-state index contributed by atoms with van der Waals surface area (Å²) in [6.07, 6.45) is 0.866. The second-order valence-electron chi connectivity index (χ2n) is 4.66. The molecule has 0 spiro atoms. The van der Waals surface area contributed by atoms with E-state index in [0.29, 0.717) is 4.47 Å². The maximum Gasteiger partial charge on any atom is 0.285 e. The molecule has 0 aromatic heterocycles. The van der Waals surface area contributed by atoms with Crippen LogP contribution in [-0.2, 0) is 6.42 Å². The van der Waals surface area contributed by atoms with E-state index in [4.69, 9.17) is 0 Å². The van der Waals surface area contributed by atoms with Crippen LogP contribution in [0.3, 0.4) is 0 Å². The SMILES string of the molecule is CC(Cc1ccccc1)Nc1ccc(Br)c([N+](=O)[O-])c1. The van der Waals surface area contributed by atoms with E-state index in [9.17, 15) is 10.1 Å². The highest BCUT2D eigenvalue weighted by Gasteiger charge is 2.13. The predicted octanol–water partition coefficient (Wildman–Crippen LogP) is 4.40. The van der Waals surface area contributed by atoms with Gasteiger partial charge in [0.25, 0.3) is 5.69 Å². The molecule has 0 amide bonds. The van der Waals surface area contributed by atoms with E-state index < -0.39 is 4.92 Å². The van der Waals surface area contributed by atoms with Crippen LogP contribution in [-0.4, -0.2) is 11.0 Å². The number of halogens is 1. The summed E-state index contributed by atoms with van der Waals surface area (Å²) in [5, 5.41) is 14.2. The van der Waals surface area contributed by atoms with Gasteiger partial charge in [0.1, 0.15) is 0 Å². The minimum atomic E-state index is -0.392. The average Bonchev–Trinajstić information content (AvgIpc) is 2.41. The summed E-state index contributed by atoms with van der Waals surface area (Å²) in [7, 11) is 0. The summed E-state index contributed by atoms with van der Waals surface area (Å²) in [4.78, 5) is 10.5. The Balaban J connectivity index is 2.06. The molecule has 2 aromatic rings. The number of benzene rings is 2. The number of anilines is 1. The molecule has 0 bridgehead atoms. The highest BCUT2D eigenvalue weighted by atomic mass is 79.9. The third kappa shape index (κ3) is 3.81. The van der Waals surface area contributed by atoms with Crippen molar-refractivity contribution in [1.29, 1.82) is 0 Å². The normalized spacial score (nSPS) is 11.9. The van der Waals surface area contributed by atoms with E-state index in [-0.39, 0.29) is 11.7 Å². The van der Waals surface area contributed by atoms with Gasteiger partial charge >= 0.3 is 0 Å². The Hall–Kier alpha value is -1.88. The number of nitro groups is 1. The van der Waals surface area contributed by atoms with Gasteiger partial charge in [0.2, 0.25) is 0 Å². The van der Waals surface area contributed by atoms with Gasteiger partial charge in [-0.3, -0.25) is 10.1 Å². The van der Waals surface area contributed by atoms with E-state index in [2.05, 4.69) is 40.3 Å². The van der Waals surface area contributed by atoms with Gasteiger partial charge in [-0.1, -0.05) is 30.3 Å². The summed E-state index contributed by atoms with van der Waals surface area (Å²) < 4.78 is 0.490. The molecule has 0 saturated carbocycles. The third-order valence-electron chi connectivity index (χ3n) is 2.94. The maximum absolute atomic E-state index is 10.9. The molecule has 0 radical (unpaired) electrons. The molecule has 0 fully saturated rings. The number of nitrogens with one attached hydrogen (secondary N) is 1. The molecule has 0 aliphatic heterocycles. The summed E-state index contributed by atoms with van der Waals surface area (Å²) >= 11 is 3.18. The van der Waals surface area contributed by atoms with Gasteiger partial charge in [0, 0.05) is 17.8 Å². The van der Waals surface area contributed by atoms with Crippen LogP contribution in [0.5, 0.6) is 0 Å². The molecule has 1 atom stereocenters. The lowest BCUT2D eigenvalue weighted by Gasteiger charge is -2.15. The quantitative estimate of drug-likeness (QED) is 0.651. The Labute approximate surface area is 126 Å². The third-order valence-corrected chi connectivity index (χ3v) is 3.61. The highest BCUT2D eigenvalue weighted by Crippen LogP contribution is 2.28. The molecule has 104 valence electrons. The molecule has 0 aliphatic rings. The van der Waals surface area contributed by atoms with E-state index in [1.54, 1.807) is 12.1 Å². The Morgan fingerprint density at radius 2 is 1.95 bits per heavy atom. The zero-order valence-electron chi connectivity index (χ0n) is 11.0. The zero-order chi connectivity index (χ0) is 14.5. The van der Waals surface area contributed by atoms with Crippen LogP contribution in [0, 0.1) is 10.1 Å². The minimum absolute atomic E-state index is 0.0712. The first kappa shape index (κ1) is 14.5. The van der Waals surface area contributed by atoms with Crippen LogP contribution in [0.2, 0.25) is 0 Å². The first-order chi connectivity index (χ1) is 9.56. The van der Waals surface area contributed by atoms with Crippen LogP contribution in [0.25, 0.3) is 0 Å². The largest absolute Gasteiger partial charge is 0.382 e. The Bertz CT molecular complexity index is 602. The summed E-state index contributed by atoms with van der Waals surface area (Å²) in [5.41, 5.74) is 2.06. The van der Waals surface area contributed by atoms with Crippen molar-refractivity contribution in [3.8, 4) is 0 Å². The van der Waals surface area contributed by atoms with Crippen molar-refractivity contribution in [3.63, 3.8) is 0 Å². The van der Waals surface area contributed by atoms with Gasteiger partial charge in [-0.05, 0) is 47.0 Å². The smallest absolute Gasteiger partial charge is 0.285 e. The molecule has 0 heterocycles. The second kappa shape index (κ2) is 6.52. The van der Waals surface area contributed by atoms with E-state index in [1.807, 2.05) is 24.3 Å². The fourth-order valence-corrected chi connectivity index (χ4v) is 2.44. The van der Waals surface area contributed by atoms with Gasteiger partial charge in [0.15, 0.2) is 0 Å². The van der Waals surface area contributed by atoms with Crippen LogP contribution >= 0.6 is 15.9 Å². The fraction of sp³-hybridized carbons (Fsp3) is 0.200. The van der Waals surface area contributed by atoms with Gasteiger partial charge in [0.05, 0.1) is 9.40 Å². The van der Waals surface area contributed by atoms with Crippen LogP contribution < -0.4 is 5.32 Å². The van der Waals surface area contributed by atoms with Crippen molar-refractivity contribution < 1.29 is 4.92 Å². The number of hydrogen-bond donors (Lipinski definition) is 1. The number of nitrogens with zero attached hydrogens (tertiary/aromatic N) is 1. The van der Waals surface area contributed by atoms with Crippen molar-refractivity contribution in [1.82, 2.24) is 0 Å². The zero-order valence-corrected chi connectivity index (χ0v) is 12.6. The van der Waals surface area contributed by atoms with Gasteiger partial charge in [-0.15, -0.1) is 0 Å². The standard InChI is InChI=1S/C15H15BrN2O2/c1-11(9-12-5-3-2-4-6-12)17-13-7-8-14(16)15(10-13)18(19)20/h2-8,10-11,17H,9H2,1H3. The van der Waals surface area contributed by atoms with Crippen molar-refractivity contribution in [2.45, 2.75) is 19.4 Å². The first-order valence-electron chi connectivity index (χ1n) is 6.30. The van der Waals surface area contributed by atoms with Crippen LogP contribution in [0.1, 0.15) is 12.5 Å². The summed E-state index contributed by atoms with van der Waals surface area (Å²) in [6.45, 7) is 2.06. The highest BCUT2D eigenvalue weighted by molar-refractivity contribution is 9.10. The molecule has 4 nitrogen and oxygen atoms in total. The van der Waals surface area contributed by atoms with Gasteiger partial charge in [-0.2, -0.15) is 0 Å². The molecule has 20 heavy (non-hydrogen) atoms. The Morgan fingerprint density at radius 1 is 1.25 bits per heavy atom. The Morgan fingerprint density at radius 3 is 2.60 bits per heavy atom. The van der Waals surface area contributed by atoms with Crippen molar-refractivity contribution in [3.05, 3.63) is 68.7 Å². The van der Waals surface area contributed by atoms with Gasteiger partial charge in [-0.25, -0.2) is 0 Å². The van der Waals surface area contributed by atoms with E-state index in [1.165, 1.54) is 5.56 Å².